The molecule has 0 bridgehead atoms. The molecule has 0 aliphatic rings. The van der Waals surface area contributed by atoms with E-state index in [1.54, 1.807) is 0 Å². The van der Waals surface area contributed by atoms with Gasteiger partial charge < -0.3 is 4.74 Å². The van der Waals surface area contributed by atoms with Crippen molar-refractivity contribution in [2.24, 2.45) is 0 Å². The molecule has 0 aliphatic carbocycles. The predicted octanol–water partition coefficient (Wildman–Crippen LogP) is 3.92. The van der Waals surface area contributed by atoms with Gasteiger partial charge in [0.15, 0.2) is 0 Å². The lowest BCUT2D eigenvalue weighted by atomic mass is 10.1. The van der Waals surface area contributed by atoms with E-state index in [0.29, 0.717) is 11.4 Å². The second-order valence-electron chi connectivity index (χ2n) is 4.67. The van der Waals surface area contributed by atoms with Crippen molar-refractivity contribution in [1.29, 1.82) is 0 Å². The number of rotatable bonds is 3. The van der Waals surface area contributed by atoms with Crippen LogP contribution in [0.25, 0.3) is 22.5 Å². The summed E-state index contributed by atoms with van der Waals surface area (Å²) in [4.78, 5) is 11.7. The molecule has 0 fully saturated rings. The molecule has 0 saturated heterocycles. The Labute approximate surface area is 127 Å². The van der Waals surface area contributed by atoms with Crippen LogP contribution in [0.2, 0.25) is 0 Å². The average molecular weight is 293 g/mol. The van der Waals surface area contributed by atoms with E-state index in [-0.39, 0.29) is 0 Å². The number of nitrogens with one attached hydrogen (secondary N) is 2. The fourth-order valence-electron chi connectivity index (χ4n) is 2.24. The second kappa shape index (κ2) is 6.13. The zero-order chi connectivity index (χ0) is 15.4. The van der Waals surface area contributed by atoms with E-state index in [0.717, 1.165) is 16.8 Å². The van der Waals surface area contributed by atoms with Gasteiger partial charge in [-0.05, 0) is 0 Å². The maximum atomic E-state index is 11.7. The van der Waals surface area contributed by atoms with Crippen LogP contribution < -0.4 is 5.32 Å². The third-order valence-corrected chi connectivity index (χ3v) is 3.29. The molecule has 0 radical (unpaired) electrons. The summed E-state index contributed by atoms with van der Waals surface area (Å²) in [5, 5.41) is 10.1. The molecule has 5 heteroatoms. The van der Waals surface area contributed by atoms with Crippen molar-refractivity contribution in [2.75, 3.05) is 12.4 Å². The third-order valence-electron chi connectivity index (χ3n) is 3.29. The molecule has 0 aliphatic heterocycles. The fourth-order valence-corrected chi connectivity index (χ4v) is 2.24. The molecule has 1 aromatic heterocycles. The summed E-state index contributed by atoms with van der Waals surface area (Å²) in [6, 6.07) is 19.4. The number of carbonyl (C=O) groups excluding carboxylic acids is 1. The van der Waals surface area contributed by atoms with Gasteiger partial charge in [0, 0.05) is 11.1 Å². The minimum Gasteiger partial charge on any atom is -0.453 e. The number of hydrogen-bond acceptors (Lipinski definition) is 3. The molecule has 3 aromatic rings. The number of aromatic amines is 1. The largest absolute Gasteiger partial charge is 0.453 e. The molecule has 3 rings (SSSR count). The first-order valence-corrected chi connectivity index (χ1v) is 6.84. The van der Waals surface area contributed by atoms with Gasteiger partial charge >= 0.3 is 6.09 Å². The summed E-state index contributed by atoms with van der Waals surface area (Å²) < 4.78 is 4.71. The number of benzene rings is 2. The number of H-pyrrole nitrogens is 1. The smallest absolute Gasteiger partial charge is 0.411 e. The van der Waals surface area contributed by atoms with Crippen LogP contribution in [0.5, 0.6) is 0 Å². The van der Waals surface area contributed by atoms with E-state index >= 15 is 0 Å². The molecule has 1 heterocycles. The predicted molar refractivity (Wildman–Crippen MR) is 85.5 cm³/mol. The van der Waals surface area contributed by atoms with Crippen molar-refractivity contribution in [3.8, 4) is 22.5 Å². The van der Waals surface area contributed by atoms with Crippen molar-refractivity contribution in [1.82, 2.24) is 10.2 Å². The van der Waals surface area contributed by atoms with Gasteiger partial charge in [-0.2, -0.15) is 5.10 Å². The summed E-state index contributed by atoms with van der Waals surface area (Å²) in [5.41, 5.74) is 3.86. The van der Waals surface area contributed by atoms with Gasteiger partial charge in [-0.1, -0.05) is 60.7 Å². The molecule has 110 valence electrons. The summed E-state index contributed by atoms with van der Waals surface area (Å²) in [6.07, 6.45) is -0.532. The van der Waals surface area contributed by atoms with Gasteiger partial charge in [-0.15, -0.1) is 0 Å². The Morgan fingerprint density at radius 2 is 1.59 bits per heavy atom. The molecular formula is C17H15N3O2. The fraction of sp³-hybridized carbons (Fsp3) is 0.0588. The number of carbonyl (C=O) groups is 1. The van der Waals surface area contributed by atoms with Crippen LogP contribution in [0.1, 0.15) is 0 Å². The second-order valence-corrected chi connectivity index (χ2v) is 4.67. The summed E-state index contributed by atoms with van der Waals surface area (Å²) in [7, 11) is 1.33. The number of amides is 1. The topological polar surface area (TPSA) is 67.0 Å². The van der Waals surface area contributed by atoms with Crippen molar-refractivity contribution >= 4 is 11.8 Å². The normalized spacial score (nSPS) is 10.2. The molecule has 0 saturated carbocycles. The molecule has 22 heavy (non-hydrogen) atoms. The molecule has 2 aromatic carbocycles. The first-order valence-electron chi connectivity index (χ1n) is 6.84. The maximum absolute atomic E-state index is 11.7. The van der Waals surface area contributed by atoms with Crippen LogP contribution in [-0.4, -0.2) is 23.4 Å². The van der Waals surface area contributed by atoms with Gasteiger partial charge in [0.05, 0.1) is 18.5 Å². The Kier molecular flexibility index (Phi) is 3.87. The zero-order valence-electron chi connectivity index (χ0n) is 12.0. The number of anilines is 1. The van der Waals surface area contributed by atoms with E-state index in [9.17, 15) is 4.79 Å². The van der Waals surface area contributed by atoms with Crippen LogP contribution in [0.3, 0.4) is 0 Å². The SMILES string of the molecule is COC(=O)Nc1c(-c2ccccc2)n[nH]c1-c1ccccc1. The van der Waals surface area contributed by atoms with E-state index in [1.807, 2.05) is 60.7 Å². The van der Waals surface area contributed by atoms with Crippen LogP contribution in [-0.2, 0) is 4.74 Å². The standard InChI is InChI=1S/C17H15N3O2/c1-22-17(21)18-16-14(12-8-4-2-5-9-12)19-20-15(16)13-10-6-3-7-11-13/h2-11H,1H3,(H,18,21)(H,19,20). The van der Waals surface area contributed by atoms with Crippen molar-refractivity contribution in [3.05, 3.63) is 60.7 Å². The van der Waals surface area contributed by atoms with Gasteiger partial charge in [0.25, 0.3) is 0 Å². The summed E-state index contributed by atoms with van der Waals surface area (Å²) in [5.74, 6) is 0. The van der Waals surface area contributed by atoms with Crippen LogP contribution in [0, 0.1) is 0 Å². The highest BCUT2D eigenvalue weighted by atomic mass is 16.5. The minimum absolute atomic E-state index is 0.532. The molecule has 5 nitrogen and oxygen atoms in total. The van der Waals surface area contributed by atoms with Crippen molar-refractivity contribution in [3.63, 3.8) is 0 Å². The summed E-state index contributed by atoms with van der Waals surface area (Å²) >= 11 is 0. The molecule has 2 N–H and O–H groups in total. The molecular weight excluding hydrogens is 278 g/mol. The minimum atomic E-state index is -0.532. The molecule has 0 spiro atoms. The molecule has 0 unspecified atom stereocenters. The van der Waals surface area contributed by atoms with Crippen LogP contribution >= 0.6 is 0 Å². The summed E-state index contributed by atoms with van der Waals surface area (Å²) in [6.45, 7) is 0. The Hall–Kier alpha value is -3.08. The van der Waals surface area contributed by atoms with Gasteiger partial charge in [0.2, 0.25) is 0 Å². The quantitative estimate of drug-likeness (QED) is 0.769. The number of hydrogen-bond donors (Lipinski definition) is 2. The first-order chi connectivity index (χ1) is 10.8. The van der Waals surface area contributed by atoms with Gasteiger partial charge in [0.1, 0.15) is 5.69 Å². The zero-order valence-corrected chi connectivity index (χ0v) is 12.0. The third kappa shape index (κ3) is 2.69. The highest BCUT2D eigenvalue weighted by molar-refractivity contribution is 5.96. The molecule has 0 atom stereocenters. The number of methoxy groups -OCH3 is 1. The van der Waals surface area contributed by atoms with Gasteiger partial charge in [-0.25, -0.2) is 4.79 Å². The lowest BCUT2D eigenvalue weighted by Crippen LogP contribution is -2.11. The van der Waals surface area contributed by atoms with E-state index in [2.05, 4.69) is 15.5 Å². The Morgan fingerprint density at radius 1 is 1.00 bits per heavy atom. The Balaban J connectivity index is 2.12. The number of ether oxygens (including phenoxy) is 1. The lowest BCUT2D eigenvalue weighted by Gasteiger charge is -2.07. The van der Waals surface area contributed by atoms with Crippen LogP contribution in [0.4, 0.5) is 10.5 Å². The van der Waals surface area contributed by atoms with Crippen LogP contribution in [0.15, 0.2) is 60.7 Å². The van der Waals surface area contributed by atoms with Crippen molar-refractivity contribution < 1.29 is 9.53 Å². The Morgan fingerprint density at radius 3 is 2.18 bits per heavy atom. The average Bonchev–Trinajstić information content (AvgIpc) is 3.00. The van der Waals surface area contributed by atoms with Gasteiger partial charge in [-0.3, -0.25) is 10.4 Å². The van der Waals surface area contributed by atoms with Crippen molar-refractivity contribution in [2.45, 2.75) is 0 Å². The first kappa shape index (κ1) is 13.9. The monoisotopic (exact) mass is 293 g/mol. The van der Waals surface area contributed by atoms with E-state index in [1.165, 1.54) is 7.11 Å². The highest BCUT2D eigenvalue weighted by Gasteiger charge is 2.18. The Bertz CT molecular complexity index is 710. The highest BCUT2D eigenvalue weighted by Crippen LogP contribution is 2.34. The number of nitrogens with zero attached hydrogens (tertiary/aromatic N) is 1. The maximum Gasteiger partial charge on any atom is 0.411 e. The number of aromatic nitrogens is 2. The van der Waals surface area contributed by atoms with E-state index < -0.39 is 6.09 Å². The molecule has 1 amide bonds. The van der Waals surface area contributed by atoms with E-state index in [4.69, 9.17) is 4.74 Å². The lowest BCUT2D eigenvalue weighted by molar-refractivity contribution is 0.187.